The quantitative estimate of drug-likeness (QED) is 0.779. The van der Waals surface area contributed by atoms with Gasteiger partial charge in [0.15, 0.2) is 0 Å². The highest BCUT2D eigenvalue weighted by atomic mass is 14.8. The maximum Gasteiger partial charge on any atom is 0.0845 e. The van der Waals surface area contributed by atoms with E-state index < -0.39 is 0 Å². The molecule has 2 aromatic rings. The van der Waals surface area contributed by atoms with Crippen LogP contribution >= 0.6 is 0 Å². The van der Waals surface area contributed by atoms with Gasteiger partial charge in [-0.2, -0.15) is 0 Å². The van der Waals surface area contributed by atoms with Crippen LogP contribution in [0.1, 0.15) is 28.3 Å². The van der Waals surface area contributed by atoms with E-state index >= 15 is 0 Å². The molecule has 0 aliphatic carbocycles. The number of hydrogen-bond donors (Lipinski definition) is 0. The average Bonchev–Trinajstić information content (AvgIpc) is 2.33. The first kappa shape index (κ1) is 11.5. The summed E-state index contributed by atoms with van der Waals surface area (Å²) in [5, 5.41) is 0. The first-order valence-electron chi connectivity index (χ1n) is 5.72. The minimum atomic E-state index is 0.942. The molecule has 0 aliphatic rings. The molecule has 0 fully saturated rings. The van der Waals surface area contributed by atoms with Gasteiger partial charge in [-0.15, -0.1) is 0 Å². The van der Waals surface area contributed by atoms with Crippen LogP contribution in [-0.2, 0) is 0 Å². The molecule has 0 atom stereocenters. The van der Waals surface area contributed by atoms with E-state index in [0.717, 1.165) is 22.8 Å². The van der Waals surface area contributed by atoms with E-state index in [1.165, 1.54) is 5.56 Å². The molecular weight excluding hydrogens is 208 g/mol. The van der Waals surface area contributed by atoms with E-state index in [-0.39, 0.29) is 0 Å². The van der Waals surface area contributed by atoms with Crippen LogP contribution in [0.5, 0.6) is 0 Å². The summed E-state index contributed by atoms with van der Waals surface area (Å²) in [6.45, 7) is 5.96. The SMILES string of the molecule is Cc1nc(C)c(/C=C/c2ccccc2)nc1C. The van der Waals surface area contributed by atoms with Crippen LogP contribution < -0.4 is 0 Å². The normalized spacial score (nSPS) is 11.0. The highest BCUT2D eigenvalue weighted by Crippen LogP contribution is 2.11. The summed E-state index contributed by atoms with van der Waals surface area (Å²) in [5.41, 5.74) is 5.08. The summed E-state index contributed by atoms with van der Waals surface area (Å²) in [6, 6.07) is 10.2. The minimum Gasteiger partial charge on any atom is -0.254 e. The predicted molar refractivity (Wildman–Crippen MR) is 71.6 cm³/mol. The van der Waals surface area contributed by atoms with E-state index in [4.69, 9.17) is 0 Å². The lowest BCUT2D eigenvalue weighted by Gasteiger charge is -2.03. The molecule has 2 rings (SSSR count). The lowest BCUT2D eigenvalue weighted by atomic mass is 10.2. The summed E-state index contributed by atoms with van der Waals surface area (Å²) in [6.07, 6.45) is 4.08. The topological polar surface area (TPSA) is 25.8 Å². The zero-order chi connectivity index (χ0) is 12.3. The van der Waals surface area contributed by atoms with Gasteiger partial charge in [-0.25, -0.2) is 4.98 Å². The van der Waals surface area contributed by atoms with Gasteiger partial charge in [0, 0.05) is 0 Å². The number of aryl methyl sites for hydroxylation is 3. The maximum atomic E-state index is 4.54. The lowest BCUT2D eigenvalue weighted by Crippen LogP contribution is -1.98. The largest absolute Gasteiger partial charge is 0.254 e. The van der Waals surface area contributed by atoms with Crippen LogP contribution in [0.4, 0.5) is 0 Å². The molecule has 2 nitrogen and oxygen atoms in total. The Hall–Kier alpha value is -1.96. The monoisotopic (exact) mass is 224 g/mol. The molecule has 0 saturated carbocycles. The fraction of sp³-hybridized carbons (Fsp3) is 0.200. The Kier molecular flexibility index (Phi) is 3.33. The minimum absolute atomic E-state index is 0.942. The van der Waals surface area contributed by atoms with Crippen molar-refractivity contribution in [2.45, 2.75) is 20.8 Å². The zero-order valence-electron chi connectivity index (χ0n) is 10.4. The summed E-state index contributed by atoms with van der Waals surface area (Å²) in [5.74, 6) is 0. The number of rotatable bonds is 2. The van der Waals surface area contributed by atoms with E-state index in [2.05, 4.69) is 28.2 Å². The van der Waals surface area contributed by atoms with Crippen LogP contribution in [0.2, 0.25) is 0 Å². The molecule has 86 valence electrons. The first-order chi connectivity index (χ1) is 8.16. The Morgan fingerprint density at radius 3 is 2.12 bits per heavy atom. The van der Waals surface area contributed by atoms with Gasteiger partial charge in [0.1, 0.15) is 0 Å². The number of nitrogens with zero attached hydrogens (tertiary/aromatic N) is 2. The van der Waals surface area contributed by atoms with Crippen molar-refractivity contribution in [3.05, 3.63) is 58.7 Å². The number of benzene rings is 1. The molecule has 1 heterocycles. The van der Waals surface area contributed by atoms with E-state index in [1.54, 1.807) is 0 Å². The molecule has 0 saturated heterocycles. The molecule has 0 bridgehead atoms. The van der Waals surface area contributed by atoms with Crippen molar-refractivity contribution in [3.8, 4) is 0 Å². The van der Waals surface area contributed by atoms with Gasteiger partial charge in [0.05, 0.1) is 22.8 Å². The first-order valence-corrected chi connectivity index (χ1v) is 5.72. The second kappa shape index (κ2) is 4.91. The average molecular weight is 224 g/mol. The standard InChI is InChI=1S/C15H16N2/c1-11-12(2)17-15(13(3)16-11)10-9-14-7-5-4-6-8-14/h4-10H,1-3H3/b10-9+. The van der Waals surface area contributed by atoms with Crippen molar-refractivity contribution in [1.82, 2.24) is 9.97 Å². The Balaban J connectivity index is 2.31. The second-order valence-corrected chi connectivity index (χ2v) is 4.11. The number of aromatic nitrogens is 2. The molecule has 2 heteroatoms. The molecule has 1 aromatic heterocycles. The molecule has 0 aliphatic heterocycles. The van der Waals surface area contributed by atoms with Gasteiger partial charge in [-0.1, -0.05) is 36.4 Å². The van der Waals surface area contributed by atoms with Crippen molar-refractivity contribution in [1.29, 1.82) is 0 Å². The summed E-state index contributed by atoms with van der Waals surface area (Å²) >= 11 is 0. The van der Waals surface area contributed by atoms with Gasteiger partial charge < -0.3 is 0 Å². The molecule has 1 aromatic carbocycles. The third kappa shape index (κ3) is 2.78. The molecule has 0 amide bonds. The number of hydrogen-bond acceptors (Lipinski definition) is 2. The molecule has 17 heavy (non-hydrogen) atoms. The van der Waals surface area contributed by atoms with Crippen LogP contribution in [0.3, 0.4) is 0 Å². The lowest BCUT2D eigenvalue weighted by molar-refractivity contribution is 0.991. The van der Waals surface area contributed by atoms with Crippen molar-refractivity contribution in [2.75, 3.05) is 0 Å². The van der Waals surface area contributed by atoms with Gasteiger partial charge >= 0.3 is 0 Å². The molecular formula is C15H16N2. The Morgan fingerprint density at radius 2 is 1.41 bits per heavy atom. The fourth-order valence-electron chi connectivity index (χ4n) is 1.63. The second-order valence-electron chi connectivity index (χ2n) is 4.11. The van der Waals surface area contributed by atoms with E-state index in [1.807, 2.05) is 45.0 Å². The van der Waals surface area contributed by atoms with E-state index in [0.29, 0.717) is 0 Å². The molecule has 0 N–H and O–H groups in total. The Morgan fingerprint density at radius 1 is 0.765 bits per heavy atom. The highest BCUT2D eigenvalue weighted by molar-refractivity contribution is 5.68. The van der Waals surface area contributed by atoms with Gasteiger partial charge in [0.25, 0.3) is 0 Å². The van der Waals surface area contributed by atoms with Gasteiger partial charge in [-0.05, 0) is 32.4 Å². The molecule has 0 spiro atoms. The third-order valence-electron chi connectivity index (χ3n) is 2.75. The van der Waals surface area contributed by atoms with Crippen molar-refractivity contribution >= 4 is 12.2 Å². The van der Waals surface area contributed by atoms with Crippen molar-refractivity contribution in [3.63, 3.8) is 0 Å². The highest BCUT2D eigenvalue weighted by Gasteiger charge is 2.01. The summed E-state index contributed by atoms with van der Waals surface area (Å²) < 4.78 is 0. The molecule has 0 radical (unpaired) electrons. The van der Waals surface area contributed by atoms with Crippen LogP contribution in [0, 0.1) is 20.8 Å². The van der Waals surface area contributed by atoms with Crippen LogP contribution in [0.25, 0.3) is 12.2 Å². The Labute approximate surface area is 102 Å². The van der Waals surface area contributed by atoms with Crippen LogP contribution in [-0.4, -0.2) is 9.97 Å². The third-order valence-corrected chi connectivity index (χ3v) is 2.75. The van der Waals surface area contributed by atoms with E-state index in [9.17, 15) is 0 Å². The smallest absolute Gasteiger partial charge is 0.0845 e. The van der Waals surface area contributed by atoms with Crippen molar-refractivity contribution < 1.29 is 0 Å². The van der Waals surface area contributed by atoms with Gasteiger partial charge in [-0.3, -0.25) is 4.98 Å². The Bertz CT molecular complexity index is 542. The molecule has 0 unspecified atom stereocenters. The fourth-order valence-corrected chi connectivity index (χ4v) is 1.63. The van der Waals surface area contributed by atoms with Crippen LogP contribution in [0.15, 0.2) is 30.3 Å². The van der Waals surface area contributed by atoms with Crippen molar-refractivity contribution in [2.24, 2.45) is 0 Å². The maximum absolute atomic E-state index is 4.54. The summed E-state index contributed by atoms with van der Waals surface area (Å²) in [4.78, 5) is 9.01. The zero-order valence-corrected chi connectivity index (χ0v) is 10.4. The van der Waals surface area contributed by atoms with Gasteiger partial charge in [0.2, 0.25) is 0 Å². The predicted octanol–water partition coefficient (Wildman–Crippen LogP) is 3.57. The summed E-state index contributed by atoms with van der Waals surface area (Å²) in [7, 11) is 0.